The molecular formula is C16H25N2O6P. The quantitative estimate of drug-likeness (QED) is 0.529. The molecule has 0 aliphatic heterocycles. The summed E-state index contributed by atoms with van der Waals surface area (Å²) in [5.41, 5.74) is 0.774. The lowest BCUT2D eigenvalue weighted by molar-refractivity contribution is 0.0526. The fourth-order valence-electron chi connectivity index (χ4n) is 1.82. The molecule has 0 saturated carbocycles. The molecule has 0 aromatic heterocycles. The van der Waals surface area contributed by atoms with Gasteiger partial charge in [-0.2, -0.15) is 0 Å². The van der Waals surface area contributed by atoms with Crippen LogP contribution in [0.25, 0.3) is 0 Å². The van der Waals surface area contributed by atoms with Crippen molar-refractivity contribution in [1.82, 2.24) is 5.09 Å². The average molecular weight is 372 g/mol. The van der Waals surface area contributed by atoms with E-state index in [2.05, 4.69) is 10.4 Å². The van der Waals surface area contributed by atoms with Crippen molar-refractivity contribution in [2.75, 3.05) is 11.9 Å². The molecule has 2 N–H and O–H groups in total. The van der Waals surface area contributed by atoms with E-state index < -0.39 is 32.0 Å². The first kappa shape index (κ1) is 21.2. The largest absolute Gasteiger partial charge is 0.462 e. The van der Waals surface area contributed by atoms with Crippen molar-refractivity contribution >= 4 is 25.4 Å². The molecule has 0 aliphatic carbocycles. The lowest BCUT2D eigenvalue weighted by Gasteiger charge is -2.22. The monoisotopic (exact) mass is 372 g/mol. The molecule has 0 bridgehead atoms. The van der Waals surface area contributed by atoms with Gasteiger partial charge in [-0.05, 0) is 58.9 Å². The molecule has 1 aromatic rings. The fraction of sp³-hybridized carbons (Fsp3) is 0.500. The molecule has 0 unspecified atom stereocenters. The van der Waals surface area contributed by atoms with Crippen LogP contribution in [0.3, 0.4) is 0 Å². The van der Waals surface area contributed by atoms with Gasteiger partial charge in [-0.1, -0.05) is 0 Å². The molecule has 1 aromatic carbocycles. The summed E-state index contributed by atoms with van der Waals surface area (Å²) in [5, 5.41) is 4.74. The second-order valence-corrected chi connectivity index (χ2v) is 7.31. The summed E-state index contributed by atoms with van der Waals surface area (Å²) < 4.78 is 27.9. The molecule has 2 amide bonds. The summed E-state index contributed by atoms with van der Waals surface area (Å²) in [6.45, 7) is 8.74. The average Bonchev–Trinajstić information content (AvgIpc) is 2.45. The van der Waals surface area contributed by atoms with Gasteiger partial charge in [-0.3, -0.25) is 9.05 Å². The smallest absolute Gasteiger partial charge is 0.436 e. The van der Waals surface area contributed by atoms with Crippen molar-refractivity contribution in [3.8, 4) is 0 Å². The molecule has 0 saturated heterocycles. The van der Waals surface area contributed by atoms with Gasteiger partial charge in [0.1, 0.15) is 0 Å². The minimum Gasteiger partial charge on any atom is -0.462 e. The Bertz CT molecular complexity index is 616. The van der Waals surface area contributed by atoms with Crippen LogP contribution in [0.1, 0.15) is 45.0 Å². The second-order valence-electron chi connectivity index (χ2n) is 5.67. The number of hydrogen-bond acceptors (Lipinski definition) is 6. The van der Waals surface area contributed by atoms with Crippen molar-refractivity contribution in [3.05, 3.63) is 29.8 Å². The van der Waals surface area contributed by atoms with Crippen LogP contribution >= 0.6 is 7.75 Å². The molecule has 8 nitrogen and oxygen atoms in total. The SMILES string of the molecule is CCOC(=O)c1ccc(NC(=O)NP(=O)(OC(C)C)OC(C)C)cc1. The zero-order valence-electron chi connectivity index (χ0n) is 15.1. The number of benzene rings is 1. The first-order valence-corrected chi connectivity index (χ1v) is 9.52. The molecule has 0 radical (unpaired) electrons. The molecule has 1 rings (SSSR count). The number of hydrogen-bond donors (Lipinski definition) is 2. The standard InChI is InChI=1S/C16H25N2O6P/c1-6-22-15(19)13-7-9-14(10-8-13)17-16(20)18-25(21,23-11(2)3)24-12(4)5/h7-12H,6H2,1-5H3,(H2,17,18,20,21). The van der Waals surface area contributed by atoms with E-state index in [0.29, 0.717) is 11.3 Å². The Balaban J connectivity index is 2.73. The summed E-state index contributed by atoms with van der Waals surface area (Å²) in [6.07, 6.45) is -0.789. The highest BCUT2D eigenvalue weighted by Gasteiger charge is 2.30. The van der Waals surface area contributed by atoms with Crippen LogP contribution < -0.4 is 10.4 Å². The predicted octanol–water partition coefficient (Wildman–Crippen LogP) is 3.94. The van der Waals surface area contributed by atoms with E-state index in [0.717, 1.165) is 0 Å². The van der Waals surface area contributed by atoms with Gasteiger partial charge in [-0.15, -0.1) is 0 Å². The van der Waals surface area contributed by atoms with Crippen molar-refractivity contribution in [3.63, 3.8) is 0 Å². The summed E-state index contributed by atoms with van der Waals surface area (Å²) in [5.74, 6) is -0.446. The number of ether oxygens (including phenoxy) is 1. The van der Waals surface area contributed by atoms with E-state index in [1.54, 1.807) is 34.6 Å². The molecule has 0 spiro atoms. The second kappa shape index (κ2) is 9.56. The van der Waals surface area contributed by atoms with Crippen LogP contribution in [0.5, 0.6) is 0 Å². The zero-order chi connectivity index (χ0) is 19.0. The summed E-state index contributed by atoms with van der Waals surface area (Å²) in [4.78, 5) is 23.6. The first-order valence-electron chi connectivity index (χ1n) is 7.98. The van der Waals surface area contributed by atoms with Crippen molar-refractivity contribution < 1.29 is 27.9 Å². The molecule has 25 heavy (non-hydrogen) atoms. The molecule has 0 fully saturated rings. The maximum Gasteiger partial charge on any atom is 0.436 e. The third-order valence-corrected chi connectivity index (χ3v) is 4.47. The topological polar surface area (TPSA) is 103 Å². The number of urea groups is 1. The first-order chi connectivity index (χ1) is 11.6. The molecule has 0 heterocycles. The molecule has 0 aliphatic rings. The summed E-state index contributed by atoms with van der Waals surface area (Å²) in [7, 11) is -3.80. The van der Waals surface area contributed by atoms with Gasteiger partial charge in [0.25, 0.3) is 0 Å². The van der Waals surface area contributed by atoms with Crippen LogP contribution in [0.15, 0.2) is 24.3 Å². The van der Waals surface area contributed by atoms with Crippen molar-refractivity contribution in [2.24, 2.45) is 0 Å². The van der Waals surface area contributed by atoms with Crippen LogP contribution in [0.2, 0.25) is 0 Å². The molecular weight excluding hydrogens is 347 g/mol. The van der Waals surface area contributed by atoms with E-state index in [1.165, 1.54) is 24.3 Å². The normalized spacial score (nSPS) is 11.5. The number of nitrogens with one attached hydrogen (secondary N) is 2. The minimum atomic E-state index is -3.80. The van der Waals surface area contributed by atoms with E-state index in [4.69, 9.17) is 13.8 Å². The summed E-state index contributed by atoms with van der Waals surface area (Å²) >= 11 is 0. The number of rotatable bonds is 8. The number of carbonyl (C=O) groups excluding carboxylic acids is 2. The Hall–Kier alpha value is -1.89. The highest BCUT2D eigenvalue weighted by atomic mass is 31.2. The Morgan fingerprint density at radius 1 is 1.04 bits per heavy atom. The third-order valence-electron chi connectivity index (χ3n) is 2.59. The van der Waals surface area contributed by atoms with Gasteiger partial charge in [0.2, 0.25) is 0 Å². The molecule has 140 valence electrons. The van der Waals surface area contributed by atoms with Crippen LogP contribution in [0, 0.1) is 0 Å². The van der Waals surface area contributed by atoms with E-state index in [9.17, 15) is 14.2 Å². The number of esters is 1. The van der Waals surface area contributed by atoms with E-state index in [1.807, 2.05) is 0 Å². The van der Waals surface area contributed by atoms with Gasteiger partial charge >= 0.3 is 19.7 Å². The van der Waals surface area contributed by atoms with Crippen LogP contribution in [-0.2, 0) is 18.3 Å². The molecule has 9 heteroatoms. The Labute approximate surface area is 147 Å². The lowest BCUT2D eigenvalue weighted by atomic mass is 10.2. The Kier molecular flexibility index (Phi) is 8.09. The van der Waals surface area contributed by atoms with Crippen LogP contribution in [-0.4, -0.2) is 30.8 Å². The van der Waals surface area contributed by atoms with Gasteiger partial charge < -0.3 is 10.1 Å². The molecule has 0 atom stereocenters. The Morgan fingerprint density at radius 2 is 1.56 bits per heavy atom. The maximum absolute atomic E-state index is 12.6. The van der Waals surface area contributed by atoms with Gasteiger partial charge in [-0.25, -0.2) is 19.2 Å². The van der Waals surface area contributed by atoms with E-state index in [-0.39, 0.29) is 6.61 Å². The fourth-order valence-corrected chi connectivity index (χ4v) is 3.39. The highest BCUT2D eigenvalue weighted by molar-refractivity contribution is 7.52. The zero-order valence-corrected chi connectivity index (χ0v) is 16.0. The van der Waals surface area contributed by atoms with Gasteiger partial charge in [0.15, 0.2) is 0 Å². The van der Waals surface area contributed by atoms with Gasteiger partial charge in [0, 0.05) is 5.69 Å². The predicted molar refractivity (Wildman–Crippen MR) is 94.6 cm³/mol. The third kappa shape index (κ3) is 7.69. The van der Waals surface area contributed by atoms with Crippen molar-refractivity contribution in [1.29, 1.82) is 0 Å². The maximum atomic E-state index is 12.6. The minimum absolute atomic E-state index is 0.280. The van der Waals surface area contributed by atoms with E-state index >= 15 is 0 Å². The number of carbonyl (C=O) groups is 2. The highest BCUT2D eigenvalue weighted by Crippen LogP contribution is 2.46. The lowest BCUT2D eigenvalue weighted by Crippen LogP contribution is -2.29. The number of amides is 2. The van der Waals surface area contributed by atoms with Gasteiger partial charge in [0.05, 0.1) is 24.4 Å². The van der Waals surface area contributed by atoms with Crippen LogP contribution in [0.4, 0.5) is 10.5 Å². The summed E-state index contributed by atoms with van der Waals surface area (Å²) in [6, 6.07) is 5.35. The van der Waals surface area contributed by atoms with Crippen molar-refractivity contribution in [2.45, 2.75) is 46.8 Å². The Morgan fingerprint density at radius 3 is 2.00 bits per heavy atom. The number of anilines is 1.